The van der Waals surface area contributed by atoms with Gasteiger partial charge in [0.05, 0.1) is 27.6 Å². The fourth-order valence-electron chi connectivity index (χ4n) is 12.2. The van der Waals surface area contributed by atoms with Crippen molar-refractivity contribution >= 4 is 82.1 Å². The number of nitrogens with zero attached hydrogens (tertiary/aromatic N) is 4. The molecule has 4 aromatic heterocycles. The van der Waals surface area contributed by atoms with Gasteiger partial charge in [0.2, 0.25) is 0 Å². The van der Waals surface area contributed by atoms with Crippen LogP contribution in [0.1, 0.15) is 45.1 Å². The van der Waals surface area contributed by atoms with Crippen molar-refractivity contribution < 1.29 is 4.42 Å². The van der Waals surface area contributed by atoms with Gasteiger partial charge in [-0.25, -0.2) is 4.79 Å². The molecule has 378 valence electrons. The summed E-state index contributed by atoms with van der Waals surface area (Å²) in [5, 5.41) is 8.26. The Balaban J connectivity index is 0.873. The molecular weight excluding hydrogens is 953 g/mol. The number of unbranched alkanes of at least 4 members (excludes halogenated alkanes) is 2. The van der Waals surface area contributed by atoms with Crippen molar-refractivity contribution in [1.82, 2.24) is 13.7 Å². The lowest BCUT2D eigenvalue weighted by atomic mass is 9.99. The SMILES string of the molecule is CCCCN(CCCC)c1ccc2cc(-c3ccc(Cn4c5ccc(-c6ccc7c8ccccc8n(-c8ccccc8)c7c6)cc5c5cc(-c6ccc7c8ccccc8n(-c8ccccc8)c7c6)ccc54)cc3)c(=O)oc2c1. The van der Waals surface area contributed by atoms with Crippen LogP contribution in [0.2, 0.25) is 0 Å². The molecule has 6 heteroatoms. The molecule has 0 radical (unpaired) electrons. The normalized spacial score (nSPS) is 11.9. The van der Waals surface area contributed by atoms with E-state index in [0.717, 1.165) is 106 Å². The Kier molecular flexibility index (Phi) is 11.9. The van der Waals surface area contributed by atoms with Gasteiger partial charge in [0.15, 0.2) is 0 Å². The Bertz CT molecular complexity index is 4410. The van der Waals surface area contributed by atoms with E-state index >= 15 is 0 Å². The number of aromatic nitrogens is 3. The molecule has 0 aliphatic carbocycles. The van der Waals surface area contributed by atoms with Gasteiger partial charge in [0.1, 0.15) is 5.58 Å². The maximum absolute atomic E-state index is 13.7. The molecule has 4 heterocycles. The van der Waals surface area contributed by atoms with Crippen LogP contribution in [-0.4, -0.2) is 26.8 Å². The largest absolute Gasteiger partial charge is 0.422 e. The van der Waals surface area contributed by atoms with Gasteiger partial charge in [0.25, 0.3) is 0 Å². The van der Waals surface area contributed by atoms with Crippen LogP contribution in [0.15, 0.2) is 240 Å². The second-order valence-corrected chi connectivity index (χ2v) is 21.0. The van der Waals surface area contributed by atoms with Crippen LogP contribution >= 0.6 is 0 Å². The van der Waals surface area contributed by atoms with E-state index in [1.807, 2.05) is 12.1 Å². The third kappa shape index (κ3) is 8.15. The first kappa shape index (κ1) is 47.1. The van der Waals surface area contributed by atoms with E-state index in [1.165, 1.54) is 54.4 Å². The summed E-state index contributed by atoms with van der Waals surface area (Å²) in [6, 6.07) is 83.4. The molecule has 0 N–H and O–H groups in total. The molecule has 14 aromatic rings. The molecular formula is C72H58N4O2. The van der Waals surface area contributed by atoms with Gasteiger partial charge in [-0.1, -0.05) is 160 Å². The molecule has 0 aliphatic rings. The number of hydrogen-bond donors (Lipinski definition) is 0. The predicted molar refractivity (Wildman–Crippen MR) is 328 cm³/mol. The number of anilines is 1. The van der Waals surface area contributed by atoms with Crippen LogP contribution in [0, 0.1) is 0 Å². The quantitative estimate of drug-likeness (QED) is 0.102. The van der Waals surface area contributed by atoms with Gasteiger partial charge < -0.3 is 23.0 Å². The highest BCUT2D eigenvalue weighted by Gasteiger charge is 2.19. The van der Waals surface area contributed by atoms with Gasteiger partial charge in [0, 0.05) is 91.5 Å². The zero-order valence-electron chi connectivity index (χ0n) is 44.0. The van der Waals surface area contributed by atoms with E-state index in [1.54, 1.807) is 0 Å². The van der Waals surface area contributed by atoms with Crippen LogP contribution < -0.4 is 10.5 Å². The van der Waals surface area contributed by atoms with Gasteiger partial charge in [-0.2, -0.15) is 0 Å². The minimum atomic E-state index is -0.323. The lowest BCUT2D eigenvalue weighted by Crippen LogP contribution is -2.25. The molecule has 78 heavy (non-hydrogen) atoms. The highest BCUT2D eigenvalue weighted by molar-refractivity contribution is 6.14. The van der Waals surface area contributed by atoms with Crippen molar-refractivity contribution in [2.24, 2.45) is 0 Å². The van der Waals surface area contributed by atoms with Gasteiger partial charge >= 0.3 is 5.63 Å². The van der Waals surface area contributed by atoms with Crippen molar-refractivity contribution in [3.63, 3.8) is 0 Å². The maximum Gasteiger partial charge on any atom is 0.344 e. The third-order valence-electron chi connectivity index (χ3n) is 16.2. The summed E-state index contributed by atoms with van der Waals surface area (Å²) in [6.45, 7) is 7.08. The molecule has 6 nitrogen and oxygen atoms in total. The highest BCUT2D eigenvalue weighted by atomic mass is 16.4. The Morgan fingerprint density at radius 1 is 0.397 bits per heavy atom. The molecule has 14 rings (SSSR count). The molecule has 10 aromatic carbocycles. The summed E-state index contributed by atoms with van der Waals surface area (Å²) in [4.78, 5) is 16.2. The molecule has 0 aliphatic heterocycles. The molecule has 0 saturated heterocycles. The Morgan fingerprint density at radius 2 is 0.872 bits per heavy atom. The van der Waals surface area contributed by atoms with E-state index in [2.05, 4.69) is 251 Å². The van der Waals surface area contributed by atoms with E-state index in [0.29, 0.717) is 17.7 Å². The van der Waals surface area contributed by atoms with Crippen molar-refractivity contribution in [3.8, 4) is 44.8 Å². The number of benzene rings is 10. The first-order valence-corrected chi connectivity index (χ1v) is 27.7. The van der Waals surface area contributed by atoms with Crippen LogP contribution in [0.3, 0.4) is 0 Å². The van der Waals surface area contributed by atoms with Crippen LogP contribution in [0.4, 0.5) is 5.69 Å². The molecule has 0 saturated carbocycles. The van der Waals surface area contributed by atoms with E-state index < -0.39 is 0 Å². The average molecular weight is 1010 g/mol. The summed E-state index contributed by atoms with van der Waals surface area (Å²) in [6.07, 6.45) is 4.52. The highest BCUT2D eigenvalue weighted by Crippen LogP contribution is 2.41. The van der Waals surface area contributed by atoms with Crippen molar-refractivity contribution in [2.45, 2.75) is 46.1 Å². The number of rotatable bonds is 14. The number of fused-ring (bicyclic) bond motifs is 10. The van der Waals surface area contributed by atoms with Crippen LogP contribution in [0.5, 0.6) is 0 Å². The first-order chi connectivity index (χ1) is 38.5. The van der Waals surface area contributed by atoms with E-state index in [-0.39, 0.29) is 5.63 Å². The molecule has 0 unspecified atom stereocenters. The summed E-state index contributed by atoms with van der Waals surface area (Å²) < 4.78 is 13.3. The second kappa shape index (κ2) is 19.6. The standard InChI is InChI=1S/C72H58N4O2/c1-3-5-39-73(40-6-4-2)57-34-29-54-43-62(72(77)78-71(54)46-57)49-27-25-48(26-28-49)47-74-65-37-32-50(52-30-35-60-58-21-13-15-23-67(58)75(69(60)44-52)55-17-9-7-10-18-55)41-63(65)64-42-51(33-38-66(64)74)53-31-36-61-59-22-14-16-24-68(59)76(70(61)45-53)56-19-11-8-12-20-56/h7-38,41-46H,3-6,39-40,47H2,1-2H3. The summed E-state index contributed by atoms with van der Waals surface area (Å²) >= 11 is 0. The van der Waals surface area contributed by atoms with Crippen LogP contribution in [-0.2, 0) is 6.54 Å². The molecule has 0 spiro atoms. The molecule has 0 bridgehead atoms. The Hall–Kier alpha value is -9.39. The molecule has 0 fully saturated rings. The smallest absolute Gasteiger partial charge is 0.344 e. The lowest BCUT2D eigenvalue weighted by molar-refractivity contribution is 0.563. The molecule has 0 atom stereocenters. The Labute approximate surface area is 453 Å². The van der Waals surface area contributed by atoms with Crippen molar-refractivity contribution in [3.05, 3.63) is 247 Å². The summed E-state index contributed by atoms with van der Waals surface area (Å²) in [7, 11) is 0. The fourth-order valence-corrected chi connectivity index (χ4v) is 12.2. The second-order valence-electron chi connectivity index (χ2n) is 21.0. The average Bonchev–Trinajstić information content (AvgIpc) is 4.29. The zero-order chi connectivity index (χ0) is 52.3. The maximum atomic E-state index is 13.7. The van der Waals surface area contributed by atoms with Crippen molar-refractivity contribution in [1.29, 1.82) is 0 Å². The van der Waals surface area contributed by atoms with E-state index in [9.17, 15) is 4.79 Å². The minimum absolute atomic E-state index is 0.323. The predicted octanol–water partition coefficient (Wildman–Crippen LogP) is 18.6. The number of para-hydroxylation sites is 4. The topological polar surface area (TPSA) is 48.2 Å². The monoisotopic (exact) mass is 1010 g/mol. The Morgan fingerprint density at radius 3 is 1.41 bits per heavy atom. The fraction of sp³-hybridized carbons (Fsp3) is 0.125. The minimum Gasteiger partial charge on any atom is -0.422 e. The lowest BCUT2D eigenvalue weighted by Gasteiger charge is -2.24. The van der Waals surface area contributed by atoms with E-state index in [4.69, 9.17) is 4.42 Å². The number of hydrogen-bond acceptors (Lipinski definition) is 3. The third-order valence-corrected chi connectivity index (χ3v) is 16.2. The van der Waals surface area contributed by atoms with Gasteiger partial charge in [-0.3, -0.25) is 0 Å². The summed E-state index contributed by atoms with van der Waals surface area (Å²) in [5.41, 5.74) is 18.0. The van der Waals surface area contributed by atoms with Crippen molar-refractivity contribution in [2.75, 3.05) is 18.0 Å². The van der Waals surface area contributed by atoms with Gasteiger partial charge in [-0.05, 0) is 137 Å². The van der Waals surface area contributed by atoms with Gasteiger partial charge in [-0.15, -0.1) is 0 Å². The molecule has 0 amide bonds. The first-order valence-electron chi connectivity index (χ1n) is 27.7. The van der Waals surface area contributed by atoms with Crippen LogP contribution in [0.25, 0.3) is 121 Å². The summed E-state index contributed by atoms with van der Waals surface area (Å²) in [5.74, 6) is 0. The zero-order valence-corrected chi connectivity index (χ0v) is 44.0.